The molecule has 0 N–H and O–H groups in total. The summed E-state index contributed by atoms with van der Waals surface area (Å²) in [6, 6.07) is 23.2. The highest BCUT2D eigenvalue weighted by molar-refractivity contribution is 6.30. The lowest BCUT2D eigenvalue weighted by molar-refractivity contribution is -0.134. The lowest BCUT2D eigenvalue weighted by atomic mass is 9.79. The first-order chi connectivity index (χ1) is 18.9. The zero-order chi connectivity index (χ0) is 27.7. The molecule has 4 aromatic rings. The topological polar surface area (TPSA) is 48.8 Å². The van der Waals surface area contributed by atoms with Gasteiger partial charge in [0.15, 0.2) is 0 Å². The molecule has 6 rings (SSSR count). The minimum Gasteiger partial charge on any atom is -0.368 e. The quantitative estimate of drug-likeness (QED) is 0.313. The number of carbonyl (C=O) groups excluding carboxylic acids is 2. The molecule has 202 valence electrons. The molecule has 0 radical (unpaired) electrons. The maximum Gasteiger partial charge on any atom is 0.254 e. The van der Waals surface area contributed by atoms with Crippen molar-refractivity contribution < 1.29 is 9.59 Å². The predicted molar refractivity (Wildman–Crippen MR) is 159 cm³/mol. The summed E-state index contributed by atoms with van der Waals surface area (Å²) in [7, 11) is 3.83. The zero-order valence-corrected chi connectivity index (χ0v) is 23.7. The summed E-state index contributed by atoms with van der Waals surface area (Å²) < 4.78 is 2.08. The second-order valence-electron chi connectivity index (χ2n) is 9.93. The molecular weight excluding hydrogens is 508 g/mol. The number of hydrogen-bond acceptors (Lipinski definition) is 3. The van der Waals surface area contributed by atoms with E-state index in [1.54, 1.807) is 4.90 Å². The van der Waals surface area contributed by atoms with E-state index in [2.05, 4.69) is 27.8 Å². The van der Waals surface area contributed by atoms with Gasteiger partial charge in [0.2, 0.25) is 5.91 Å². The Morgan fingerprint density at radius 3 is 2.18 bits per heavy atom. The van der Waals surface area contributed by atoms with E-state index in [0.29, 0.717) is 23.7 Å². The van der Waals surface area contributed by atoms with E-state index < -0.39 is 12.0 Å². The van der Waals surface area contributed by atoms with E-state index in [1.165, 1.54) is 0 Å². The van der Waals surface area contributed by atoms with Crippen LogP contribution in [0.4, 0.5) is 5.69 Å². The van der Waals surface area contributed by atoms with Crippen LogP contribution in [0.2, 0.25) is 5.02 Å². The average molecular weight is 543 g/mol. The van der Waals surface area contributed by atoms with Crippen molar-refractivity contribution in [1.29, 1.82) is 0 Å². The summed E-state index contributed by atoms with van der Waals surface area (Å²) >= 11 is 6.07. The molecule has 2 atom stereocenters. The normalized spacial score (nSPS) is 19.0. The maximum atomic E-state index is 14.3. The number of benzene rings is 3. The van der Waals surface area contributed by atoms with Gasteiger partial charge in [0.1, 0.15) is 0 Å². The first-order valence-electron chi connectivity index (χ1n) is 13.6. The van der Waals surface area contributed by atoms with Gasteiger partial charge in [-0.15, -0.1) is 0 Å². The summed E-state index contributed by atoms with van der Waals surface area (Å²) in [6.45, 7) is 6.74. The second kappa shape index (κ2) is 11.1. The molecule has 39 heavy (non-hydrogen) atoms. The number of nitrogens with zero attached hydrogens (tertiary/aromatic N) is 4. The minimum atomic E-state index is -0.480. The van der Waals surface area contributed by atoms with Gasteiger partial charge >= 0.3 is 0 Å². The molecule has 1 fully saturated rings. The first-order valence-corrected chi connectivity index (χ1v) is 14.0. The molecule has 0 saturated carbocycles. The van der Waals surface area contributed by atoms with Crippen molar-refractivity contribution >= 4 is 40.0 Å². The molecule has 2 unspecified atom stereocenters. The fraction of sp³-hybridized carbons (Fsp3) is 0.312. The van der Waals surface area contributed by atoms with Gasteiger partial charge in [0.05, 0.1) is 12.0 Å². The Morgan fingerprint density at radius 1 is 0.821 bits per heavy atom. The van der Waals surface area contributed by atoms with E-state index in [-0.39, 0.29) is 11.8 Å². The SMILES string of the molecule is CC.CN1C(=O)c2ccccc2C(C(=O)N2CCN(c3ccc(Cl)cc3)CC2)C1c1cn(C)c2ccccc12. The molecule has 3 aromatic carbocycles. The monoisotopic (exact) mass is 542 g/mol. The maximum absolute atomic E-state index is 14.3. The molecular formula is C32H35ClN4O2. The first kappa shape index (κ1) is 26.8. The van der Waals surface area contributed by atoms with Crippen LogP contribution in [0.5, 0.6) is 0 Å². The summed E-state index contributed by atoms with van der Waals surface area (Å²) in [5, 5.41) is 1.78. The number of fused-ring (bicyclic) bond motifs is 2. The summed E-state index contributed by atoms with van der Waals surface area (Å²) in [6.07, 6.45) is 2.08. The molecule has 7 heteroatoms. The Hall–Kier alpha value is -3.77. The average Bonchev–Trinajstić information content (AvgIpc) is 3.32. The Morgan fingerprint density at radius 2 is 1.46 bits per heavy atom. The van der Waals surface area contributed by atoms with Crippen LogP contribution in [0.1, 0.15) is 47.3 Å². The molecule has 1 saturated heterocycles. The van der Waals surface area contributed by atoms with Crippen LogP contribution in [-0.2, 0) is 11.8 Å². The molecule has 3 heterocycles. The van der Waals surface area contributed by atoms with Crippen molar-refractivity contribution in [1.82, 2.24) is 14.4 Å². The van der Waals surface area contributed by atoms with Crippen LogP contribution in [0.25, 0.3) is 10.9 Å². The van der Waals surface area contributed by atoms with Crippen molar-refractivity contribution in [3.8, 4) is 0 Å². The van der Waals surface area contributed by atoms with E-state index in [4.69, 9.17) is 11.6 Å². The number of amides is 2. The van der Waals surface area contributed by atoms with Gasteiger partial charge in [0.25, 0.3) is 5.91 Å². The lowest BCUT2D eigenvalue weighted by Gasteiger charge is -2.43. The largest absolute Gasteiger partial charge is 0.368 e. The van der Waals surface area contributed by atoms with Gasteiger partial charge in [-0.1, -0.05) is 61.8 Å². The van der Waals surface area contributed by atoms with Crippen molar-refractivity contribution in [3.05, 3.63) is 101 Å². The van der Waals surface area contributed by atoms with Crippen LogP contribution in [0.15, 0.2) is 79.0 Å². The summed E-state index contributed by atoms with van der Waals surface area (Å²) in [5.74, 6) is -0.461. The number of aryl methyl sites for hydroxylation is 1. The number of hydrogen-bond donors (Lipinski definition) is 0. The van der Waals surface area contributed by atoms with Crippen molar-refractivity contribution in [3.63, 3.8) is 0 Å². The number of anilines is 1. The molecule has 2 amide bonds. The molecule has 1 aromatic heterocycles. The Kier molecular flexibility index (Phi) is 7.67. The summed E-state index contributed by atoms with van der Waals surface area (Å²) in [4.78, 5) is 33.8. The number of halogens is 1. The van der Waals surface area contributed by atoms with E-state index in [9.17, 15) is 9.59 Å². The van der Waals surface area contributed by atoms with Crippen LogP contribution in [0.3, 0.4) is 0 Å². The third-order valence-corrected chi connectivity index (χ3v) is 8.13. The fourth-order valence-corrected chi connectivity index (χ4v) is 6.10. The van der Waals surface area contributed by atoms with Crippen LogP contribution in [-0.4, -0.2) is 59.4 Å². The van der Waals surface area contributed by atoms with Gasteiger partial charge in [-0.25, -0.2) is 0 Å². The molecule has 2 aliphatic heterocycles. The fourth-order valence-electron chi connectivity index (χ4n) is 5.97. The number of carbonyl (C=O) groups is 2. The molecule has 2 aliphatic rings. The van der Waals surface area contributed by atoms with Crippen LogP contribution in [0, 0.1) is 0 Å². The minimum absolute atomic E-state index is 0.0508. The smallest absolute Gasteiger partial charge is 0.254 e. The van der Waals surface area contributed by atoms with Crippen LogP contribution >= 0.6 is 11.6 Å². The Labute approximate surface area is 235 Å². The Balaban J connectivity index is 0.00000151. The van der Waals surface area contributed by atoms with E-state index in [0.717, 1.165) is 40.8 Å². The summed E-state index contributed by atoms with van der Waals surface area (Å²) in [5.41, 5.74) is 4.62. The van der Waals surface area contributed by atoms with Crippen molar-refractivity contribution in [2.75, 3.05) is 38.1 Å². The molecule has 0 bridgehead atoms. The highest BCUT2D eigenvalue weighted by atomic mass is 35.5. The number of aromatic nitrogens is 1. The number of piperazine rings is 1. The van der Waals surface area contributed by atoms with Crippen LogP contribution < -0.4 is 4.90 Å². The van der Waals surface area contributed by atoms with E-state index in [1.807, 2.05) is 93.5 Å². The zero-order valence-electron chi connectivity index (χ0n) is 23.0. The number of likely N-dealkylation sites (N-methyl/N-ethyl adjacent to an activating group) is 1. The van der Waals surface area contributed by atoms with Gasteiger partial charge in [-0.2, -0.15) is 0 Å². The lowest BCUT2D eigenvalue weighted by Crippen LogP contribution is -2.53. The third kappa shape index (κ3) is 4.78. The standard InChI is InChI=1S/C30H29ClN4O2.C2H6/c1-32-19-25(22-7-5-6-10-26(22)32)28-27(23-8-3-4-9-24(23)29(36)33(28)2)30(37)35-17-15-34(16-18-35)21-13-11-20(31)12-14-21;1-2/h3-14,19,27-28H,15-18H2,1-2H3;1-2H3. The number of rotatable bonds is 3. The highest BCUT2D eigenvalue weighted by Gasteiger charge is 2.45. The van der Waals surface area contributed by atoms with Gasteiger partial charge in [-0.3, -0.25) is 9.59 Å². The van der Waals surface area contributed by atoms with Gasteiger partial charge in [-0.05, 0) is 42.0 Å². The highest BCUT2D eigenvalue weighted by Crippen LogP contribution is 2.45. The van der Waals surface area contributed by atoms with E-state index >= 15 is 0 Å². The molecule has 0 aliphatic carbocycles. The van der Waals surface area contributed by atoms with Crippen molar-refractivity contribution in [2.45, 2.75) is 25.8 Å². The second-order valence-corrected chi connectivity index (χ2v) is 10.4. The number of para-hydroxylation sites is 1. The van der Waals surface area contributed by atoms with Crippen molar-refractivity contribution in [2.24, 2.45) is 7.05 Å². The third-order valence-electron chi connectivity index (χ3n) is 7.88. The molecule has 0 spiro atoms. The Bertz CT molecular complexity index is 1490. The van der Waals surface area contributed by atoms with Gasteiger partial charge < -0.3 is 19.3 Å². The predicted octanol–water partition coefficient (Wildman–Crippen LogP) is 6.12. The van der Waals surface area contributed by atoms with Gasteiger partial charge in [0, 0.05) is 79.2 Å². The molecule has 6 nitrogen and oxygen atoms in total.